The summed E-state index contributed by atoms with van der Waals surface area (Å²) in [5.74, 6) is -1.22. The normalized spacial score (nSPS) is 11.6. The Kier molecular flexibility index (Phi) is 4.61. The number of hydrogen-bond acceptors (Lipinski definition) is 4. The third-order valence-corrected chi connectivity index (χ3v) is 3.70. The molecule has 0 aliphatic rings. The average molecular weight is 436 g/mol. The molecule has 3 aromatic rings. The van der Waals surface area contributed by atoms with Crippen LogP contribution < -0.4 is 10.1 Å². The summed E-state index contributed by atoms with van der Waals surface area (Å²) in [5, 5.41) is 2.65. The van der Waals surface area contributed by atoms with Gasteiger partial charge in [-0.05, 0) is 30.3 Å². The van der Waals surface area contributed by atoms with E-state index >= 15 is 0 Å². The van der Waals surface area contributed by atoms with Gasteiger partial charge in [0.15, 0.2) is 5.58 Å². The van der Waals surface area contributed by atoms with E-state index in [1.165, 1.54) is 12.1 Å². The lowest BCUT2D eigenvalue weighted by atomic mass is 10.2. The molecule has 1 amide bonds. The highest BCUT2D eigenvalue weighted by molar-refractivity contribution is 9.10. The number of oxazole rings is 1. The van der Waals surface area contributed by atoms with E-state index in [0.717, 1.165) is 12.1 Å². The van der Waals surface area contributed by atoms with Crippen molar-refractivity contribution in [2.24, 2.45) is 0 Å². The molecule has 2 aromatic carbocycles. The van der Waals surface area contributed by atoms with Gasteiger partial charge in [-0.1, -0.05) is 33.6 Å². The molecule has 0 spiro atoms. The summed E-state index contributed by atoms with van der Waals surface area (Å²) in [6, 6.07) is 7.72. The number of rotatable bonds is 3. The van der Waals surface area contributed by atoms with Gasteiger partial charge in [-0.2, -0.15) is 4.98 Å². The number of halogens is 5. The van der Waals surface area contributed by atoms with Crippen LogP contribution in [0.2, 0.25) is 5.02 Å². The van der Waals surface area contributed by atoms with Crippen LogP contribution in [0.3, 0.4) is 0 Å². The van der Waals surface area contributed by atoms with Gasteiger partial charge in [-0.15, -0.1) is 13.2 Å². The first-order chi connectivity index (χ1) is 11.7. The molecule has 0 atom stereocenters. The first kappa shape index (κ1) is 17.6. The maximum atomic E-state index is 12.2. The number of carbonyl (C=O) groups is 1. The van der Waals surface area contributed by atoms with Gasteiger partial charge in [0, 0.05) is 10.0 Å². The van der Waals surface area contributed by atoms with E-state index in [1.807, 2.05) is 0 Å². The summed E-state index contributed by atoms with van der Waals surface area (Å²) in [6.45, 7) is 0. The molecule has 0 unspecified atom stereocenters. The van der Waals surface area contributed by atoms with Gasteiger partial charge in [-0.25, -0.2) is 0 Å². The maximum Gasteiger partial charge on any atom is 0.573 e. The summed E-state index contributed by atoms with van der Waals surface area (Å²) in [4.78, 5) is 16.2. The fourth-order valence-electron chi connectivity index (χ4n) is 2.02. The van der Waals surface area contributed by atoms with E-state index in [9.17, 15) is 18.0 Å². The van der Waals surface area contributed by atoms with Crippen molar-refractivity contribution in [2.45, 2.75) is 6.36 Å². The van der Waals surface area contributed by atoms with Gasteiger partial charge >= 0.3 is 12.4 Å². The Hall–Kier alpha value is -2.26. The lowest BCUT2D eigenvalue weighted by Crippen LogP contribution is -2.18. The summed E-state index contributed by atoms with van der Waals surface area (Å²) in [7, 11) is 0. The third kappa shape index (κ3) is 4.23. The molecule has 1 N–H and O–H groups in total. The standard InChI is InChI=1S/C15H7BrClF3N2O3/c16-8-5-10(17)12-11(6-8)21-14(24-12)22-13(23)7-2-1-3-9(4-7)25-15(18,19)20/h1-6H,(H,21,22,23). The van der Waals surface area contributed by atoms with Gasteiger partial charge in [0.2, 0.25) is 0 Å². The fourth-order valence-corrected chi connectivity index (χ4v) is 2.85. The monoisotopic (exact) mass is 434 g/mol. The van der Waals surface area contributed by atoms with Crippen molar-refractivity contribution in [3.05, 3.63) is 51.5 Å². The van der Waals surface area contributed by atoms with Crippen LogP contribution in [-0.4, -0.2) is 17.3 Å². The van der Waals surface area contributed by atoms with E-state index in [1.54, 1.807) is 12.1 Å². The highest BCUT2D eigenvalue weighted by Crippen LogP contribution is 2.30. The number of anilines is 1. The molecule has 3 rings (SSSR count). The molecular weight excluding hydrogens is 429 g/mol. The number of amides is 1. The molecular formula is C15H7BrClF3N2O3. The van der Waals surface area contributed by atoms with Crippen LogP contribution in [0.15, 0.2) is 45.3 Å². The van der Waals surface area contributed by atoms with Gasteiger partial charge < -0.3 is 9.15 Å². The van der Waals surface area contributed by atoms with E-state index in [4.69, 9.17) is 16.0 Å². The fraction of sp³-hybridized carbons (Fsp3) is 0.0667. The molecule has 1 aromatic heterocycles. The van der Waals surface area contributed by atoms with Crippen molar-refractivity contribution in [3.63, 3.8) is 0 Å². The molecule has 0 radical (unpaired) electrons. The molecule has 0 fully saturated rings. The molecule has 0 aliphatic carbocycles. The molecule has 0 saturated heterocycles. The maximum absolute atomic E-state index is 12.2. The SMILES string of the molecule is O=C(Nc1nc2cc(Br)cc(Cl)c2o1)c1cccc(OC(F)(F)F)c1. The second-order valence-electron chi connectivity index (χ2n) is 4.78. The summed E-state index contributed by atoms with van der Waals surface area (Å²) >= 11 is 9.26. The second-order valence-corrected chi connectivity index (χ2v) is 6.11. The average Bonchev–Trinajstić information content (AvgIpc) is 2.88. The Balaban J connectivity index is 1.83. The van der Waals surface area contributed by atoms with Crippen LogP contribution in [0, 0.1) is 0 Å². The molecule has 0 aliphatic heterocycles. The van der Waals surface area contributed by atoms with Gasteiger partial charge in [-0.3, -0.25) is 10.1 Å². The number of fused-ring (bicyclic) bond motifs is 1. The van der Waals surface area contributed by atoms with Crippen LogP contribution in [0.4, 0.5) is 19.2 Å². The van der Waals surface area contributed by atoms with Crippen molar-refractivity contribution in [3.8, 4) is 5.75 Å². The van der Waals surface area contributed by atoms with Crippen LogP contribution in [0.1, 0.15) is 10.4 Å². The predicted octanol–water partition coefficient (Wildman–Crippen LogP) is 5.39. The van der Waals surface area contributed by atoms with E-state index in [-0.39, 0.29) is 22.2 Å². The Morgan fingerprint density at radius 3 is 2.76 bits per heavy atom. The first-order valence-corrected chi connectivity index (χ1v) is 7.81. The summed E-state index contributed by atoms with van der Waals surface area (Å²) in [6.07, 6.45) is -4.85. The van der Waals surface area contributed by atoms with Crippen molar-refractivity contribution in [2.75, 3.05) is 5.32 Å². The van der Waals surface area contributed by atoms with Gasteiger partial charge in [0.25, 0.3) is 5.91 Å². The zero-order valence-corrected chi connectivity index (χ0v) is 14.4. The lowest BCUT2D eigenvalue weighted by Gasteiger charge is -2.09. The molecule has 0 saturated carbocycles. The minimum atomic E-state index is -4.85. The molecule has 25 heavy (non-hydrogen) atoms. The van der Waals surface area contributed by atoms with E-state index < -0.39 is 18.0 Å². The Morgan fingerprint density at radius 2 is 2.04 bits per heavy atom. The number of aromatic nitrogens is 1. The minimum absolute atomic E-state index is 0.0590. The Bertz CT molecular complexity index is 959. The number of benzene rings is 2. The number of alkyl halides is 3. The highest BCUT2D eigenvalue weighted by atomic mass is 79.9. The number of nitrogens with one attached hydrogen (secondary N) is 1. The number of nitrogens with zero attached hydrogens (tertiary/aromatic N) is 1. The third-order valence-electron chi connectivity index (χ3n) is 2.96. The molecule has 130 valence electrons. The second kappa shape index (κ2) is 6.57. The topological polar surface area (TPSA) is 64.4 Å². The Morgan fingerprint density at radius 1 is 1.28 bits per heavy atom. The highest BCUT2D eigenvalue weighted by Gasteiger charge is 2.31. The smallest absolute Gasteiger partial charge is 0.422 e. The number of carbonyl (C=O) groups excluding carboxylic acids is 1. The largest absolute Gasteiger partial charge is 0.573 e. The lowest BCUT2D eigenvalue weighted by molar-refractivity contribution is -0.274. The first-order valence-electron chi connectivity index (χ1n) is 6.64. The Labute approximate surface area is 151 Å². The van der Waals surface area contributed by atoms with Crippen LogP contribution in [0.5, 0.6) is 5.75 Å². The predicted molar refractivity (Wildman–Crippen MR) is 87.8 cm³/mol. The molecule has 1 heterocycles. The van der Waals surface area contributed by atoms with Gasteiger partial charge in [0.05, 0.1) is 5.02 Å². The number of hydrogen-bond donors (Lipinski definition) is 1. The van der Waals surface area contributed by atoms with Crippen molar-refractivity contribution in [1.82, 2.24) is 4.98 Å². The van der Waals surface area contributed by atoms with Crippen molar-refractivity contribution in [1.29, 1.82) is 0 Å². The summed E-state index contributed by atoms with van der Waals surface area (Å²) < 4.78 is 46.5. The van der Waals surface area contributed by atoms with Crippen molar-refractivity contribution < 1.29 is 27.1 Å². The molecule has 0 bridgehead atoms. The number of ether oxygens (including phenoxy) is 1. The van der Waals surface area contributed by atoms with E-state index in [2.05, 4.69) is 31.0 Å². The van der Waals surface area contributed by atoms with Crippen LogP contribution in [-0.2, 0) is 0 Å². The zero-order chi connectivity index (χ0) is 18.2. The van der Waals surface area contributed by atoms with Gasteiger partial charge in [0.1, 0.15) is 11.3 Å². The minimum Gasteiger partial charge on any atom is -0.422 e. The zero-order valence-electron chi connectivity index (χ0n) is 12.0. The molecule has 5 nitrogen and oxygen atoms in total. The molecule has 10 heteroatoms. The van der Waals surface area contributed by atoms with Crippen LogP contribution in [0.25, 0.3) is 11.1 Å². The quantitative estimate of drug-likeness (QED) is 0.599. The summed E-state index contributed by atoms with van der Waals surface area (Å²) in [5.41, 5.74) is 0.620. The van der Waals surface area contributed by atoms with Crippen LogP contribution >= 0.6 is 27.5 Å². The van der Waals surface area contributed by atoms with E-state index in [0.29, 0.717) is 9.99 Å². The van der Waals surface area contributed by atoms with Crippen molar-refractivity contribution >= 4 is 50.6 Å².